The zero-order valence-electron chi connectivity index (χ0n) is 7.34. The van der Waals surface area contributed by atoms with Crippen LogP contribution in [0, 0.1) is 0 Å². The smallest absolute Gasteiger partial charge is 0.212 e. The number of amidine groups is 1. The SMILES string of the molecule is CCN=C(NC=O)C1=CCCC1. The summed E-state index contributed by atoms with van der Waals surface area (Å²) in [5.74, 6) is 0.755. The van der Waals surface area contributed by atoms with Crippen LogP contribution in [0.4, 0.5) is 0 Å². The number of allylic oxidation sites excluding steroid dienone is 1. The van der Waals surface area contributed by atoms with Crippen LogP contribution in [0.3, 0.4) is 0 Å². The number of nitrogens with zero attached hydrogens (tertiary/aromatic N) is 1. The van der Waals surface area contributed by atoms with Crippen molar-refractivity contribution in [2.24, 2.45) is 4.99 Å². The third-order valence-corrected chi connectivity index (χ3v) is 1.86. The Morgan fingerprint density at radius 3 is 3.17 bits per heavy atom. The molecule has 1 aliphatic carbocycles. The van der Waals surface area contributed by atoms with E-state index in [1.54, 1.807) is 0 Å². The van der Waals surface area contributed by atoms with Crippen LogP contribution >= 0.6 is 0 Å². The Labute approximate surface area is 72.6 Å². The lowest BCUT2D eigenvalue weighted by molar-refractivity contribution is -0.108. The van der Waals surface area contributed by atoms with Gasteiger partial charge in [-0.2, -0.15) is 0 Å². The Hall–Kier alpha value is -1.12. The van der Waals surface area contributed by atoms with Crippen LogP contribution in [0.1, 0.15) is 26.2 Å². The summed E-state index contributed by atoms with van der Waals surface area (Å²) in [6.07, 6.45) is 6.16. The molecule has 0 aliphatic heterocycles. The Bertz CT molecular complexity index is 219. The second-order valence-electron chi connectivity index (χ2n) is 2.71. The molecule has 0 fully saturated rings. The number of hydrogen-bond donors (Lipinski definition) is 1. The highest BCUT2D eigenvalue weighted by atomic mass is 16.1. The minimum absolute atomic E-state index is 0.688. The van der Waals surface area contributed by atoms with Crippen molar-refractivity contribution >= 4 is 12.2 Å². The van der Waals surface area contributed by atoms with Gasteiger partial charge in [0, 0.05) is 6.54 Å². The summed E-state index contributed by atoms with van der Waals surface area (Å²) in [6.45, 7) is 2.68. The van der Waals surface area contributed by atoms with E-state index in [2.05, 4.69) is 16.4 Å². The molecular formula is C9H14N2O. The molecule has 0 aromatic rings. The number of amides is 1. The van der Waals surface area contributed by atoms with Gasteiger partial charge in [-0.1, -0.05) is 6.08 Å². The highest BCUT2D eigenvalue weighted by molar-refractivity contribution is 6.03. The lowest BCUT2D eigenvalue weighted by Crippen LogP contribution is -2.23. The van der Waals surface area contributed by atoms with E-state index in [4.69, 9.17) is 0 Å². The predicted octanol–water partition coefficient (Wildman–Crippen LogP) is 1.26. The Morgan fingerprint density at radius 2 is 2.67 bits per heavy atom. The van der Waals surface area contributed by atoms with E-state index in [1.165, 1.54) is 12.0 Å². The van der Waals surface area contributed by atoms with Crippen LogP contribution in [-0.4, -0.2) is 18.8 Å². The minimum Gasteiger partial charge on any atom is -0.313 e. The van der Waals surface area contributed by atoms with E-state index in [1.807, 2.05) is 6.92 Å². The van der Waals surface area contributed by atoms with Gasteiger partial charge in [0.05, 0.1) is 0 Å². The molecule has 1 rings (SSSR count). The molecule has 0 unspecified atom stereocenters. The van der Waals surface area contributed by atoms with Crippen LogP contribution < -0.4 is 5.32 Å². The Morgan fingerprint density at radius 1 is 1.83 bits per heavy atom. The van der Waals surface area contributed by atoms with Crippen molar-refractivity contribution in [1.29, 1.82) is 0 Å². The van der Waals surface area contributed by atoms with Crippen LogP contribution in [0.2, 0.25) is 0 Å². The molecule has 1 aliphatic rings. The van der Waals surface area contributed by atoms with Crippen molar-refractivity contribution in [1.82, 2.24) is 5.32 Å². The number of hydrogen-bond acceptors (Lipinski definition) is 2. The van der Waals surface area contributed by atoms with Crippen LogP contribution in [0.5, 0.6) is 0 Å². The van der Waals surface area contributed by atoms with Crippen LogP contribution in [0.15, 0.2) is 16.6 Å². The largest absolute Gasteiger partial charge is 0.313 e. The highest BCUT2D eigenvalue weighted by Gasteiger charge is 2.09. The zero-order chi connectivity index (χ0) is 8.81. The fourth-order valence-electron chi connectivity index (χ4n) is 1.34. The highest BCUT2D eigenvalue weighted by Crippen LogP contribution is 2.17. The predicted molar refractivity (Wildman–Crippen MR) is 49.1 cm³/mol. The van der Waals surface area contributed by atoms with Crippen molar-refractivity contribution in [3.8, 4) is 0 Å². The van der Waals surface area contributed by atoms with Crippen molar-refractivity contribution in [2.45, 2.75) is 26.2 Å². The maximum absolute atomic E-state index is 10.2. The van der Waals surface area contributed by atoms with Crippen molar-refractivity contribution in [3.63, 3.8) is 0 Å². The summed E-state index contributed by atoms with van der Waals surface area (Å²) in [5.41, 5.74) is 1.18. The van der Waals surface area contributed by atoms with Gasteiger partial charge in [0.1, 0.15) is 5.84 Å². The summed E-state index contributed by atoms with van der Waals surface area (Å²) >= 11 is 0. The third kappa shape index (κ3) is 2.19. The fourth-order valence-corrected chi connectivity index (χ4v) is 1.34. The number of carbonyl (C=O) groups excluding carboxylic acids is 1. The first-order valence-electron chi connectivity index (χ1n) is 4.32. The number of aliphatic imine (C=N–C) groups is 1. The average Bonchev–Trinajstić information content (AvgIpc) is 2.56. The molecule has 0 atom stereocenters. The van der Waals surface area contributed by atoms with Crippen molar-refractivity contribution in [3.05, 3.63) is 11.6 Å². The molecule has 0 aromatic heterocycles. The molecule has 0 saturated heterocycles. The monoisotopic (exact) mass is 166 g/mol. The first kappa shape index (κ1) is 8.97. The molecule has 66 valence electrons. The molecular weight excluding hydrogens is 152 g/mol. The standard InChI is InChI=1S/C9H14N2O/c1-2-10-9(11-7-12)8-5-3-4-6-8/h5,7H,2-4,6H2,1H3,(H,10,11,12). The van der Waals surface area contributed by atoms with E-state index in [-0.39, 0.29) is 0 Å². The molecule has 1 N–H and O–H groups in total. The number of carbonyl (C=O) groups is 1. The first-order chi connectivity index (χ1) is 5.88. The van der Waals surface area contributed by atoms with Gasteiger partial charge in [0.25, 0.3) is 0 Å². The van der Waals surface area contributed by atoms with Gasteiger partial charge in [0.15, 0.2) is 0 Å². The number of nitrogens with one attached hydrogen (secondary N) is 1. The topological polar surface area (TPSA) is 41.5 Å². The maximum atomic E-state index is 10.2. The Kier molecular flexibility index (Phi) is 3.51. The van der Waals surface area contributed by atoms with Crippen molar-refractivity contribution < 1.29 is 4.79 Å². The quantitative estimate of drug-likeness (QED) is 0.383. The molecule has 3 nitrogen and oxygen atoms in total. The molecule has 12 heavy (non-hydrogen) atoms. The second-order valence-corrected chi connectivity index (χ2v) is 2.71. The van der Waals surface area contributed by atoms with E-state index < -0.39 is 0 Å². The summed E-state index contributed by atoms with van der Waals surface area (Å²) in [5, 5.41) is 2.63. The fraction of sp³-hybridized carbons (Fsp3) is 0.556. The summed E-state index contributed by atoms with van der Waals surface area (Å²) in [7, 11) is 0. The molecule has 3 heteroatoms. The summed E-state index contributed by atoms with van der Waals surface area (Å²) < 4.78 is 0. The van der Waals surface area contributed by atoms with E-state index in [0.29, 0.717) is 13.0 Å². The average molecular weight is 166 g/mol. The lowest BCUT2D eigenvalue weighted by atomic mass is 10.2. The molecule has 0 spiro atoms. The summed E-state index contributed by atoms with van der Waals surface area (Å²) in [4.78, 5) is 14.4. The van der Waals surface area contributed by atoms with Crippen LogP contribution in [-0.2, 0) is 4.79 Å². The van der Waals surface area contributed by atoms with Gasteiger partial charge in [-0.05, 0) is 31.8 Å². The summed E-state index contributed by atoms with van der Waals surface area (Å²) in [6, 6.07) is 0. The molecule has 0 aromatic carbocycles. The Balaban J connectivity index is 2.64. The van der Waals surface area contributed by atoms with Gasteiger partial charge in [-0.3, -0.25) is 9.79 Å². The first-order valence-corrected chi connectivity index (χ1v) is 4.32. The minimum atomic E-state index is 0.688. The zero-order valence-corrected chi connectivity index (χ0v) is 7.34. The van der Waals surface area contributed by atoms with Gasteiger partial charge in [-0.25, -0.2) is 0 Å². The second kappa shape index (κ2) is 4.70. The molecule has 0 heterocycles. The molecule has 0 radical (unpaired) electrons. The van der Waals surface area contributed by atoms with Crippen molar-refractivity contribution in [2.75, 3.05) is 6.54 Å². The van der Waals surface area contributed by atoms with E-state index in [9.17, 15) is 4.79 Å². The molecule has 0 bridgehead atoms. The van der Waals surface area contributed by atoms with Gasteiger partial charge < -0.3 is 5.32 Å². The maximum Gasteiger partial charge on any atom is 0.212 e. The molecule has 1 amide bonds. The van der Waals surface area contributed by atoms with E-state index >= 15 is 0 Å². The van der Waals surface area contributed by atoms with Gasteiger partial charge >= 0.3 is 0 Å². The normalized spacial score (nSPS) is 17.4. The third-order valence-electron chi connectivity index (χ3n) is 1.86. The van der Waals surface area contributed by atoms with Gasteiger partial charge in [0.2, 0.25) is 6.41 Å². The van der Waals surface area contributed by atoms with E-state index in [0.717, 1.165) is 18.7 Å². The lowest BCUT2D eigenvalue weighted by Gasteiger charge is -2.04. The van der Waals surface area contributed by atoms with Gasteiger partial charge in [-0.15, -0.1) is 0 Å². The molecule has 0 saturated carbocycles. The number of rotatable bonds is 3. The van der Waals surface area contributed by atoms with Crippen LogP contribution in [0.25, 0.3) is 0 Å².